The summed E-state index contributed by atoms with van der Waals surface area (Å²) in [7, 11) is 3.04. The molecular formula is C17H28N2O3. The third kappa shape index (κ3) is 5.85. The SMILES string of the molecule is CC.CNC(C)C(=O)N(Cc1ccccc1)C(C)C(=O)OC. The van der Waals surface area contributed by atoms with Crippen molar-refractivity contribution in [2.75, 3.05) is 14.2 Å². The zero-order valence-corrected chi connectivity index (χ0v) is 14.4. The number of methoxy groups -OCH3 is 1. The van der Waals surface area contributed by atoms with Crippen LogP contribution in [0.15, 0.2) is 30.3 Å². The van der Waals surface area contributed by atoms with Gasteiger partial charge in [-0.05, 0) is 26.5 Å². The van der Waals surface area contributed by atoms with Gasteiger partial charge in [0.1, 0.15) is 6.04 Å². The van der Waals surface area contributed by atoms with E-state index >= 15 is 0 Å². The van der Waals surface area contributed by atoms with Gasteiger partial charge < -0.3 is 15.0 Å². The van der Waals surface area contributed by atoms with Crippen molar-refractivity contribution in [3.63, 3.8) is 0 Å². The predicted octanol–water partition coefficient (Wildman–Crippen LogP) is 2.21. The van der Waals surface area contributed by atoms with Gasteiger partial charge in [0.2, 0.25) is 5.91 Å². The van der Waals surface area contributed by atoms with Crippen molar-refractivity contribution in [1.29, 1.82) is 0 Å². The lowest BCUT2D eigenvalue weighted by molar-refractivity contribution is -0.153. The molecule has 2 atom stereocenters. The van der Waals surface area contributed by atoms with Crippen LogP contribution in [-0.2, 0) is 20.9 Å². The number of esters is 1. The molecule has 0 bridgehead atoms. The van der Waals surface area contributed by atoms with Gasteiger partial charge in [0.05, 0.1) is 13.2 Å². The van der Waals surface area contributed by atoms with Crippen LogP contribution in [0.5, 0.6) is 0 Å². The van der Waals surface area contributed by atoms with E-state index in [2.05, 4.69) is 5.32 Å². The fourth-order valence-corrected chi connectivity index (χ4v) is 1.86. The van der Waals surface area contributed by atoms with Crippen LogP contribution >= 0.6 is 0 Å². The first-order valence-electron chi connectivity index (χ1n) is 7.60. The van der Waals surface area contributed by atoms with Crippen LogP contribution < -0.4 is 5.32 Å². The number of likely N-dealkylation sites (N-methyl/N-ethyl adjacent to an activating group) is 1. The number of carbonyl (C=O) groups is 2. The van der Waals surface area contributed by atoms with Gasteiger partial charge in [-0.3, -0.25) is 4.79 Å². The normalized spacial score (nSPS) is 12.5. The van der Waals surface area contributed by atoms with Crippen LogP contribution in [0.4, 0.5) is 0 Å². The minimum atomic E-state index is -0.622. The monoisotopic (exact) mass is 308 g/mol. The van der Waals surface area contributed by atoms with Gasteiger partial charge in [-0.2, -0.15) is 0 Å². The molecule has 0 saturated carbocycles. The molecule has 1 aromatic carbocycles. The van der Waals surface area contributed by atoms with Crippen molar-refractivity contribution in [1.82, 2.24) is 10.2 Å². The Morgan fingerprint density at radius 1 is 1.18 bits per heavy atom. The first-order valence-corrected chi connectivity index (χ1v) is 7.60. The number of carbonyl (C=O) groups excluding carboxylic acids is 2. The molecule has 0 aliphatic heterocycles. The van der Waals surface area contributed by atoms with Gasteiger partial charge in [-0.15, -0.1) is 0 Å². The Labute approximate surface area is 133 Å². The largest absolute Gasteiger partial charge is 0.467 e. The molecule has 0 aliphatic rings. The molecule has 0 radical (unpaired) electrons. The van der Waals surface area contributed by atoms with E-state index in [-0.39, 0.29) is 11.9 Å². The zero-order valence-electron chi connectivity index (χ0n) is 14.4. The number of amides is 1. The number of nitrogens with zero attached hydrogens (tertiary/aromatic N) is 1. The quantitative estimate of drug-likeness (QED) is 0.819. The highest BCUT2D eigenvalue weighted by atomic mass is 16.5. The summed E-state index contributed by atoms with van der Waals surface area (Å²) in [6.45, 7) is 7.82. The number of hydrogen-bond acceptors (Lipinski definition) is 4. The Morgan fingerprint density at radius 2 is 1.73 bits per heavy atom. The number of ether oxygens (including phenoxy) is 1. The summed E-state index contributed by atoms with van der Waals surface area (Å²) in [5.74, 6) is -0.549. The van der Waals surface area contributed by atoms with Crippen molar-refractivity contribution in [3.8, 4) is 0 Å². The van der Waals surface area contributed by atoms with E-state index in [4.69, 9.17) is 4.74 Å². The third-order valence-electron chi connectivity index (χ3n) is 3.29. The van der Waals surface area contributed by atoms with Crippen LogP contribution in [0.3, 0.4) is 0 Å². The topological polar surface area (TPSA) is 58.6 Å². The van der Waals surface area contributed by atoms with E-state index in [9.17, 15) is 9.59 Å². The molecule has 2 unspecified atom stereocenters. The molecule has 1 rings (SSSR count). The minimum Gasteiger partial charge on any atom is -0.467 e. The Bertz CT molecular complexity index is 448. The number of benzene rings is 1. The standard InChI is InChI=1S/C15H22N2O3.C2H6/c1-11(16-3)14(18)17(12(2)15(19)20-4)10-13-8-6-5-7-9-13;1-2/h5-9,11-12,16H,10H2,1-4H3;1-2H3. The summed E-state index contributed by atoms with van der Waals surface area (Å²) in [5, 5.41) is 2.90. The molecule has 0 saturated heterocycles. The van der Waals surface area contributed by atoms with Crippen LogP contribution in [0.2, 0.25) is 0 Å². The van der Waals surface area contributed by atoms with Gasteiger partial charge in [-0.1, -0.05) is 44.2 Å². The molecule has 0 aliphatic carbocycles. The molecule has 124 valence electrons. The molecule has 22 heavy (non-hydrogen) atoms. The van der Waals surface area contributed by atoms with E-state index in [1.54, 1.807) is 20.9 Å². The smallest absolute Gasteiger partial charge is 0.328 e. The second kappa shape index (κ2) is 10.8. The van der Waals surface area contributed by atoms with E-state index in [1.165, 1.54) is 12.0 Å². The molecule has 1 N–H and O–H groups in total. The highest BCUT2D eigenvalue weighted by Gasteiger charge is 2.29. The van der Waals surface area contributed by atoms with E-state index in [0.717, 1.165) is 5.56 Å². The lowest BCUT2D eigenvalue weighted by Gasteiger charge is -2.30. The minimum absolute atomic E-state index is 0.130. The summed E-state index contributed by atoms with van der Waals surface area (Å²) in [5.41, 5.74) is 0.972. The van der Waals surface area contributed by atoms with Gasteiger partial charge in [0, 0.05) is 6.54 Å². The third-order valence-corrected chi connectivity index (χ3v) is 3.29. The maximum atomic E-state index is 12.4. The highest BCUT2D eigenvalue weighted by molar-refractivity contribution is 5.87. The molecule has 0 fully saturated rings. The maximum absolute atomic E-state index is 12.4. The zero-order chi connectivity index (χ0) is 17.1. The maximum Gasteiger partial charge on any atom is 0.328 e. The lowest BCUT2D eigenvalue weighted by atomic mass is 10.1. The lowest BCUT2D eigenvalue weighted by Crippen LogP contribution is -2.50. The Balaban J connectivity index is 0.00000211. The van der Waals surface area contributed by atoms with Crippen molar-refractivity contribution >= 4 is 11.9 Å². The van der Waals surface area contributed by atoms with Crippen LogP contribution in [-0.4, -0.2) is 43.0 Å². The first kappa shape index (κ1) is 20.1. The molecule has 1 amide bonds. The van der Waals surface area contributed by atoms with Crippen LogP contribution in [0.25, 0.3) is 0 Å². The summed E-state index contributed by atoms with van der Waals surface area (Å²) in [4.78, 5) is 25.6. The van der Waals surface area contributed by atoms with Crippen molar-refractivity contribution in [3.05, 3.63) is 35.9 Å². The van der Waals surface area contributed by atoms with Crippen molar-refractivity contribution in [2.24, 2.45) is 0 Å². The summed E-state index contributed by atoms with van der Waals surface area (Å²) < 4.78 is 4.74. The predicted molar refractivity (Wildman–Crippen MR) is 88.3 cm³/mol. The van der Waals surface area contributed by atoms with Crippen LogP contribution in [0, 0.1) is 0 Å². The molecule has 0 heterocycles. The molecular weight excluding hydrogens is 280 g/mol. The van der Waals surface area contributed by atoms with E-state index in [0.29, 0.717) is 6.54 Å². The fourth-order valence-electron chi connectivity index (χ4n) is 1.86. The molecule has 0 aromatic heterocycles. The van der Waals surface area contributed by atoms with Gasteiger partial charge in [0.25, 0.3) is 0 Å². The molecule has 0 spiro atoms. The van der Waals surface area contributed by atoms with E-state index < -0.39 is 12.0 Å². The van der Waals surface area contributed by atoms with E-state index in [1.807, 2.05) is 44.2 Å². The van der Waals surface area contributed by atoms with Gasteiger partial charge in [0.15, 0.2) is 0 Å². The molecule has 1 aromatic rings. The van der Waals surface area contributed by atoms with Crippen molar-refractivity contribution in [2.45, 2.75) is 46.3 Å². The van der Waals surface area contributed by atoms with Gasteiger partial charge >= 0.3 is 5.97 Å². The van der Waals surface area contributed by atoms with Crippen molar-refractivity contribution < 1.29 is 14.3 Å². The average Bonchev–Trinajstić information content (AvgIpc) is 2.59. The highest BCUT2D eigenvalue weighted by Crippen LogP contribution is 2.11. The van der Waals surface area contributed by atoms with Gasteiger partial charge in [-0.25, -0.2) is 4.79 Å². The first-order chi connectivity index (χ1) is 10.5. The molecule has 5 nitrogen and oxygen atoms in total. The number of nitrogens with one attached hydrogen (secondary N) is 1. The molecule has 5 heteroatoms. The summed E-state index contributed by atoms with van der Waals surface area (Å²) in [6.07, 6.45) is 0. The number of hydrogen-bond donors (Lipinski definition) is 1. The summed E-state index contributed by atoms with van der Waals surface area (Å²) in [6, 6.07) is 8.59. The fraction of sp³-hybridized carbons (Fsp3) is 0.529. The second-order valence-electron chi connectivity index (χ2n) is 4.66. The Morgan fingerprint density at radius 3 is 2.18 bits per heavy atom. The average molecular weight is 308 g/mol. The summed E-state index contributed by atoms with van der Waals surface area (Å²) >= 11 is 0. The Hall–Kier alpha value is -1.88. The number of rotatable bonds is 6. The second-order valence-corrected chi connectivity index (χ2v) is 4.66. The van der Waals surface area contributed by atoms with Crippen LogP contribution in [0.1, 0.15) is 33.3 Å². The Kier molecular flexibility index (Phi) is 9.87.